The van der Waals surface area contributed by atoms with Gasteiger partial charge in [0, 0.05) is 35.3 Å². The number of hydrogen-bond acceptors (Lipinski definition) is 7. The van der Waals surface area contributed by atoms with Crippen molar-refractivity contribution in [3.05, 3.63) is 70.8 Å². The number of carboxylic acid groups (broad SMARTS) is 1. The van der Waals surface area contributed by atoms with Crippen LogP contribution < -0.4 is 18.9 Å². The average Bonchev–Trinajstić information content (AvgIpc) is 3.21. The summed E-state index contributed by atoms with van der Waals surface area (Å²) in [6.07, 6.45) is 1.24. The van der Waals surface area contributed by atoms with Gasteiger partial charge in [0.2, 0.25) is 0 Å². The summed E-state index contributed by atoms with van der Waals surface area (Å²) in [5, 5.41) is 9.12. The number of carbonyl (C=O) groups is 1. The minimum absolute atomic E-state index is 0.0438. The first-order chi connectivity index (χ1) is 19.2. The smallest absolute Gasteiger partial charge is 0.304 e. The van der Waals surface area contributed by atoms with Gasteiger partial charge < -0.3 is 24.1 Å². The third-order valence-corrected chi connectivity index (χ3v) is 9.12. The zero-order valence-corrected chi connectivity index (χ0v) is 23.6. The fraction of sp³-hybridized carbons (Fsp3) is 0.387. The maximum atomic E-state index is 11.8. The lowest BCUT2D eigenvalue weighted by Crippen LogP contribution is -2.12. The molecule has 2 aliphatic rings. The highest BCUT2D eigenvalue weighted by Gasteiger charge is 2.27. The molecule has 5 rings (SSSR count). The zero-order valence-electron chi connectivity index (χ0n) is 22.8. The third kappa shape index (κ3) is 6.36. The Balaban J connectivity index is 1.29. The minimum Gasteiger partial charge on any atom is -0.494 e. The molecule has 0 amide bonds. The van der Waals surface area contributed by atoms with E-state index >= 15 is 0 Å². The van der Waals surface area contributed by atoms with E-state index in [1.807, 2.05) is 49.4 Å². The van der Waals surface area contributed by atoms with E-state index in [-0.39, 0.29) is 23.8 Å². The van der Waals surface area contributed by atoms with Crippen molar-refractivity contribution in [3.8, 4) is 34.1 Å². The number of carboxylic acids is 1. The molecule has 212 valence electrons. The van der Waals surface area contributed by atoms with Crippen LogP contribution in [0.1, 0.15) is 47.9 Å². The molecule has 0 radical (unpaired) electrons. The summed E-state index contributed by atoms with van der Waals surface area (Å²) < 4.78 is 47.3. The molecule has 0 saturated heterocycles. The Labute approximate surface area is 234 Å². The Morgan fingerprint density at radius 3 is 2.67 bits per heavy atom. The second kappa shape index (κ2) is 11.8. The van der Waals surface area contributed by atoms with E-state index in [0.29, 0.717) is 44.3 Å². The molecule has 0 saturated carbocycles. The molecule has 1 atom stereocenters. The molecule has 2 aliphatic heterocycles. The van der Waals surface area contributed by atoms with Crippen molar-refractivity contribution in [2.75, 3.05) is 31.3 Å². The van der Waals surface area contributed by atoms with Crippen molar-refractivity contribution in [1.82, 2.24) is 0 Å². The van der Waals surface area contributed by atoms with E-state index in [1.165, 1.54) is 0 Å². The number of hydrogen-bond donors (Lipinski definition) is 1. The molecule has 3 aromatic carbocycles. The molecule has 0 unspecified atom stereocenters. The molecule has 2 heterocycles. The van der Waals surface area contributed by atoms with Crippen LogP contribution in [0.4, 0.5) is 0 Å². The molecule has 3 aromatic rings. The van der Waals surface area contributed by atoms with Crippen molar-refractivity contribution in [2.24, 2.45) is 0 Å². The maximum absolute atomic E-state index is 11.8. The van der Waals surface area contributed by atoms with E-state index in [2.05, 4.69) is 6.07 Å². The first-order valence-corrected chi connectivity index (χ1v) is 15.4. The molecule has 40 heavy (non-hydrogen) atoms. The van der Waals surface area contributed by atoms with Gasteiger partial charge in [-0.05, 0) is 65.9 Å². The second-order valence-electron chi connectivity index (χ2n) is 10.2. The molecule has 0 bridgehead atoms. The van der Waals surface area contributed by atoms with Gasteiger partial charge in [0.1, 0.15) is 39.4 Å². The van der Waals surface area contributed by atoms with Gasteiger partial charge in [-0.3, -0.25) is 4.79 Å². The molecule has 0 aliphatic carbocycles. The quantitative estimate of drug-likeness (QED) is 0.310. The van der Waals surface area contributed by atoms with Crippen LogP contribution in [0.5, 0.6) is 23.0 Å². The average molecular weight is 567 g/mol. The SMILES string of the molecule is CCS(=O)(=O)CCCOc1cc(C)c2c(c1)CCOc1ccc(COc3ccc4c(c3)OC[C@H]4CC(=O)O)cc1-2. The van der Waals surface area contributed by atoms with Gasteiger partial charge >= 0.3 is 5.97 Å². The lowest BCUT2D eigenvalue weighted by molar-refractivity contribution is -0.137. The first kappa shape index (κ1) is 27.8. The van der Waals surface area contributed by atoms with E-state index in [0.717, 1.165) is 51.3 Å². The van der Waals surface area contributed by atoms with E-state index in [9.17, 15) is 13.2 Å². The zero-order chi connectivity index (χ0) is 28.3. The fourth-order valence-corrected chi connectivity index (χ4v) is 6.10. The van der Waals surface area contributed by atoms with Crippen molar-refractivity contribution in [3.63, 3.8) is 0 Å². The van der Waals surface area contributed by atoms with Crippen molar-refractivity contribution in [2.45, 2.75) is 45.6 Å². The molecule has 1 N–H and O–H groups in total. The van der Waals surface area contributed by atoms with E-state index < -0.39 is 15.8 Å². The molecule has 0 fully saturated rings. The lowest BCUT2D eigenvalue weighted by Gasteiger charge is -2.16. The molecule has 9 heteroatoms. The second-order valence-corrected chi connectivity index (χ2v) is 12.7. The molecule has 8 nitrogen and oxygen atoms in total. The molecular weight excluding hydrogens is 532 g/mol. The summed E-state index contributed by atoms with van der Waals surface area (Å²) in [5.74, 6) is 2.18. The monoisotopic (exact) mass is 566 g/mol. The number of aryl methyl sites for hydroxylation is 1. The van der Waals surface area contributed by atoms with Gasteiger partial charge in [-0.2, -0.15) is 0 Å². The van der Waals surface area contributed by atoms with E-state index in [4.69, 9.17) is 24.1 Å². The van der Waals surface area contributed by atoms with Crippen LogP contribution in [0.15, 0.2) is 48.5 Å². The number of ether oxygens (including phenoxy) is 4. The van der Waals surface area contributed by atoms with Crippen molar-refractivity contribution < 1.29 is 37.3 Å². The maximum Gasteiger partial charge on any atom is 0.304 e. The summed E-state index contributed by atoms with van der Waals surface area (Å²) in [6, 6.07) is 15.6. The normalized spacial score (nSPS) is 15.6. The van der Waals surface area contributed by atoms with Crippen LogP contribution in [-0.4, -0.2) is 50.8 Å². The van der Waals surface area contributed by atoms with Gasteiger partial charge in [-0.1, -0.05) is 19.1 Å². The Hall–Kier alpha value is -3.72. The predicted molar refractivity (Wildman–Crippen MR) is 152 cm³/mol. The Bertz CT molecular complexity index is 1510. The summed E-state index contributed by atoms with van der Waals surface area (Å²) in [7, 11) is -3.00. The van der Waals surface area contributed by atoms with Gasteiger partial charge in [-0.15, -0.1) is 0 Å². The number of sulfone groups is 1. The number of benzene rings is 3. The first-order valence-electron chi connectivity index (χ1n) is 13.6. The van der Waals surface area contributed by atoms with Crippen LogP contribution in [0, 0.1) is 6.92 Å². The summed E-state index contributed by atoms with van der Waals surface area (Å²) in [5.41, 5.74) is 6.19. The minimum atomic E-state index is -3.00. The summed E-state index contributed by atoms with van der Waals surface area (Å²) in [4.78, 5) is 11.1. The van der Waals surface area contributed by atoms with E-state index in [1.54, 1.807) is 6.92 Å². The largest absolute Gasteiger partial charge is 0.494 e. The highest BCUT2D eigenvalue weighted by Crippen LogP contribution is 2.41. The Kier molecular flexibility index (Phi) is 8.21. The van der Waals surface area contributed by atoms with Gasteiger partial charge in [0.15, 0.2) is 0 Å². The summed E-state index contributed by atoms with van der Waals surface area (Å²) >= 11 is 0. The molecule has 0 spiro atoms. The van der Waals surface area contributed by atoms with Crippen LogP contribution in [-0.2, 0) is 27.7 Å². The van der Waals surface area contributed by atoms with Crippen LogP contribution >= 0.6 is 0 Å². The number of rotatable bonds is 11. The molecule has 0 aromatic heterocycles. The standard InChI is InChI=1S/C31H34O8S/c1-3-40(34,35)12-4-10-36-25-13-20(2)31-22(15-25)9-11-37-28-8-5-21(14-27(28)31)18-38-24-6-7-26-23(16-30(32)33)19-39-29(26)17-24/h5-8,13-15,17,23H,3-4,9-12,16,18-19H2,1-2H3,(H,32,33)/t23-/m1/s1. The lowest BCUT2D eigenvalue weighted by atomic mass is 9.92. The van der Waals surface area contributed by atoms with Crippen molar-refractivity contribution >= 4 is 15.8 Å². The highest BCUT2D eigenvalue weighted by molar-refractivity contribution is 7.91. The Morgan fingerprint density at radius 2 is 1.88 bits per heavy atom. The van der Waals surface area contributed by atoms with Gasteiger partial charge in [0.25, 0.3) is 0 Å². The number of aliphatic carboxylic acids is 1. The van der Waals surface area contributed by atoms with Crippen LogP contribution in [0.2, 0.25) is 0 Å². The topological polar surface area (TPSA) is 108 Å². The summed E-state index contributed by atoms with van der Waals surface area (Å²) in [6.45, 7) is 5.31. The van der Waals surface area contributed by atoms with Gasteiger partial charge in [0.05, 0.1) is 32.0 Å². The van der Waals surface area contributed by atoms with Crippen LogP contribution in [0.25, 0.3) is 11.1 Å². The van der Waals surface area contributed by atoms with Crippen LogP contribution in [0.3, 0.4) is 0 Å². The predicted octanol–water partition coefficient (Wildman–Crippen LogP) is 5.33. The fourth-order valence-electron chi connectivity index (χ4n) is 5.26. The number of fused-ring (bicyclic) bond motifs is 4. The highest BCUT2D eigenvalue weighted by atomic mass is 32.2. The Morgan fingerprint density at radius 1 is 1.02 bits per heavy atom. The van der Waals surface area contributed by atoms with Gasteiger partial charge in [-0.25, -0.2) is 8.42 Å². The van der Waals surface area contributed by atoms with Crippen molar-refractivity contribution in [1.29, 1.82) is 0 Å². The molecular formula is C31H34O8S. The third-order valence-electron chi connectivity index (χ3n) is 7.33.